The van der Waals surface area contributed by atoms with Gasteiger partial charge in [0.15, 0.2) is 9.84 Å². The Bertz CT molecular complexity index is 1080. The number of hydrogen-bond donors (Lipinski definition) is 2. The Kier molecular flexibility index (Phi) is 6.32. The number of carbonyl (C=O) groups is 1. The molecule has 28 heavy (non-hydrogen) atoms. The van der Waals surface area contributed by atoms with Crippen LogP contribution in [0.4, 0.5) is 0 Å². The van der Waals surface area contributed by atoms with Gasteiger partial charge in [-0.2, -0.15) is 11.8 Å². The molecular formula is C19H20ClN3O3S2. The lowest BCUT2D eigenvalue weighted by Gasteiger charge is -2.17. The number of halogens is 1. The second-order valence-electron chi connectivity index (χ2n) is 6.36. The molecule has 1 aromatic heterocycles. The largest absolute Gasteiger partial charge is 0.342 e. The van der Waals surface area contributed by atoms with Crippen molar-refractivity contribution in [2.24, 2.45) is 0 Å². The first-order valence-electron chi connectivity index (χ1n) is 8.53. The van der Waals surface area contributed by atoms with Crippen molar-refractivity contribution in [2.45, 2.75) is 17.4 Å². The summed E-state index contributed by atoms with van der Waals surface area (Å²) >= 11 is 7.82. The van der Waals surface area contributed by atoms with Crippen molar-refractivity contribution in [1.29, 1.82) is 0 Å². The molecule has 9 heteroatoms. The van der Waals surface area contributed by atoms with Crippen LogP contribution < -0.4 is 5.32 Å². The van der Waals surface area contributed by atoms with E-state index in [1.54, 1.807) is 11.8 Å². The second-order valence-corrected chi connectivity index (χ2v) is 9.77. The van der Waals surface area contributed by atoms with Gasteiger partial charge in [0.1, 0.15) is 5.82 Å². The molecule has 0 aliphatic rings. The minimum Gasteiger partial charge on any atom is -0.342 e. The average Bonchev–Trinajstić information content (AvgIpc) is 3.08. The van der Waals surface area contributed by atoms with Gasteiger partial charge in [-0.3, -0.25) is 4.79 Å². The van der Waals surface area contributed by atoms with Gasteiger partial charge in [-0.1, -0.05) is 23.7 Å². The molecule has 0 spiro atoms. The summed E-state index contributed by atoms with van der Waals surface area (Å²) in [5.74, 6) is 1.03. The highest BCUT2D eigenvalue weighted by atomic mass is 35.5. The maximum Gasteiger partial charge on any atom is 0.253 e. The van der Waals surface area contributed by atoms with Gasteiger partial charge in [0.25, 0.3) is 5.91 Å². The predicted molar refractivity (Wildman–Crippen MR) is 114 cm³/mol. The third-order valence-corrected chi connectivity index (χ3v) is 6.35. The summed E-state index contributed by atoms with van der Waals surface area (Å²) in [6.45, 7) is 0. The van der Waals surface area contributed by atoms with Gasteiger partial charge in [-0.15, -0.1) is 0 Å². The Morgan fingerprint density at radius 2 is 2.04 bits per heavy atom. The lowest BCUT2D eigenvalue weighted by Crippen LogP contribution is -2.30. The van der Waals surface area contributed by atoms with Gasteiger partial charge in [0, 0.05) is 6.26 Å². The van der Waals surface area contributed by atoms with Crippen LogP contribution in [0.5, 0.6) is 0 Å². The van der Waals surface area contributed by atoms with Crippen molar-refractivity contribution in [3.05, 3.63) is 58.9 Å². The second kappa shape index (κ2) is 8.55. The van der Waals surface area contributed by atoms with Gasteiger partial charge < -0.3 is 10.3 Å². The number of hydrogen-bond acceptors (Lipinski definition) is 5. The van der Waals surface area contributed by atoms with E-state index in [-0.39, 0.29) is 21.5 Å². The molecule has 3 aromatic rings. The first-order valence-corrected chi connectivity index (χ1v) is 12.2. The van der Waals surface area contributed by atoms with Gasteiger partial charge in [-0.05, 0) is 48.8 Å². The third-order valence-electron chi connectivity index (χ3n) is 4.26. The summed E-state index contributed by atoms with van der Waals surface area (Å²) in [4.78, 5) is 20.7. The van der Waals surface area contributed by atoms with E-state index in [1.165, 1.54) is 18.2 Å². The molecule has 0 aliphatic heterocycles. The molecule has 0 saturated heterocycles. The molecule has 1 amide bonds. The normalized spacial score (nSPS) is 12.8. The van der Waals surface area contributed by atoms with Gasteiger partial charge >= 0.3 is 0 Å². The fourth-order valence-corrected chi connectivity index (χ4v) is 4.12. The summed E-state index contributed by atoms with van der Waals surface area (Å²) in [6, 6.07) is 11.4. The molecule has 148 valence electrons. The van der Waals surface area contributed by atoms with Crippen molar-refractivity contribution >= 4 is 50.1 Å². The predicted octanol–water partition coefficient (Wildman–Crippen LogP) is 3.84. The van der Waals surface area contributed by atoms with Gasteiger partial charge in [0.2, 0.25) is 0 Å². The number of aromatic nitrogens is 2. The molecule has 0 unspecified atom stereocenters. The Hall–Kier alpha value is -2.03. The number of aromatic amines is 1. The van der Waals surface area contributed by atoms with Crippen molar-refractivity contribution in [2.75, 3.05) is 18.3 Å². The fourth-order valence-electron chi connectivity index (χ4n) is 2.80. The first-order chi connectivity index (χ1) is 13.3. The number of fused-ring (bicyclic) bond motifs is 1. The molecule has 0 aliphatic carbocycles. The van der Waals surface area contributed by atoms with Crippen LogP contribution >= 0.6 is 23.4 Å². The number of carbonyl (C=O) groups excluding carboxylic acids is 1. The number of imidazole rings is 1. The zero-order valence-electron chi connectivity index (χ0n) is 15.4. The Morgan fingerprint density at radius 3 is 2.71 bits per heavy atom. The van der Waals surface area contributed by atoms with Crippen LogP contribution in [0.15, 0.2) is 47.4 Å². The van der Waals surface area contributed by atoms with Gasteiger partial charge in [0.05, 0.1) is 32.6 Å². The smallest absolute Gasteiger partial charge is 0.253 e. The van der Waals surface area contributed by atoms with E-state index in [0.717, 1.165) is 23.0 Å². The van der Waals surface area contributed by atoms with Crippen LogP contribution in [0.25, 0.3) is 11.0 Å². The van der Waals surface area contributed by atoms with Gasteiger partial charge in [-0.25, -0.2) is 13.4 Å². The van der Waals surface area contributed by atoms with Crippen molar-refractivity contribution in [1.82, 2.24) is 15.3 Å². The molecule has 3 rings (SSSR count). The summed E-state index contributed by atoms with van der Waals surface area (Å²) in [5, 5.41) is 3.13. The molecule has 1 heterocycles. The monoisotopic (exact) mass is 437 g/mol. The lowest BCUT2D eigenvalue weighted by atomic mass is 10.1. The van der Waals surface area contributed by atoms with Crippen LogP contribution in [0, 0.1) is 0 Å². The Morgan fingerprint density at radius 1 is 1.29 bits per heavy atom. The highest BCUT2D eigenvalue weighted by Crippen LogP contribution is 2.24. The van der Waals surface area contributed by atoms with E-state index in [0.29, 0.717) is 12.2 Å². The maximum absolute atomic E-state index is 12.9. The van der Waals surface area contributed by atoms with Crippen LogP contribution in [0.1, 0.15) is 28.6 Å². The average molecular weight is 438 g/mol. The van der Waals surface area contributed by atoms with Crippen molar-refractivity contribution in [3.63, 3.8) is 0 Å². The zero-order chi connectivity index (χ0) is 20.3. The standard InChI is InChI=1S/C19H20ClN3O3S2/c1-27-10-9-17(18-21-15-5-3-4-6-16(15)22-18)23-19(24)13-11-12(28(2,25)26)7-8-14(13)20/h3-8,11,17H,9-10H2,1-2H3,(H,21,22)(H,23,24)/t17-/m1/s1. The van der Waals surface area contributed by atoms with E-state index >= 15 is 0 Å². The lowest BCUT2D eigenvalue weighted by molar-refractivity contribution is 0.0934. The number of amides is 1. The number of rotatable bonds is 7. The number of H-pyrrole nitrogens is 1. The molecule has 1 atom stereocenters. The summed E-state index contributed by atoms with van der Waals surface area (Å²) in [7, 11) is -3.45. The SMILES string of the molecule is CSCC[C@@H](NC(=O)c1cc(S(C)(=O)=O)ccc1Cl)c1nc2ccccc2[nH]1. The van der Waals surface area contributed by atoms with Crippen LogP contribution in [0.2, 0.25) is 5.02 Å². The summed E-state index contributed by atoms with van der Waals surface area (Å²) in [5.41, 5.74) is 1.82. The zero-order valence-corrected chi connectivity index (χ0v) is 17.8. The molecule has 0 bridgehead atoms. The van der Waals surface area contributed by atoms with E-state index in [4.69, 9.17) is 11.6 Å². The minimum atomic E-state index is -3.45. The van der Waals surface area contributed by atoms with E-state index in [1.807, 2.05) is 30.5 Å². The molecule has 0 fully saturated rings. The number of benzene rings is 2. The quantitative estimate of drug-likeness (QED) is 0.585. The number of nitrogens with one attached hydrogen (secondary N) is 2. The van der Waals surface area contributed by atoms with E-state index in [9.17, 15) is 13.2 Å². The van der Waals surface area contributed by atoms with Crippen LogP contribution in [-0.2, 0) is 9.84 Å². The molecule has 0 saturated carbocycles. The fraction of sp³-hybridized carbons (Fsp3) is 0.263. The molecule has 6 nitrogen and oxygen atoms in total. The van der Waals surface area contributed by atoms with E-state index in [2.05, 4.69) is 15.3 Å². The topological polar surface area (TPSA) is 91.9 Å². The molecule has 0 radical (unpaired) electrons. The van der Waals surface area contributed by atoms with Crippen molar-refractivity contribution < 1.29 is 13.2 Å². The van der Waals surface area contributed by atoms with Crippen molar-refractivity contribution in [3.8, 4) is 0 Å². The number of thioether (sulfide) groups is 1. The first kappa shape index (κ1) is 20.7. The highest BCUT2D eigenvalue weighted by Gasteiger charge is 2.21. The Balaban J connectivity index is 1.91. The summed E-state index contributed by atoms with van der Waals surface area (Å²) < 4.78 is 23.6. The highest BCUT2D eigenvalue weighted by molar-refractivity contribution is 7.98. The molecule has 2 aromatic carbocycles. The summed E-state index contributed by atoms with van der Waals surface area (Å²) in [6.07, 6.45) is 3.74. The third kappa shape index (κ3) is 4.68. The Labute approximate surface area is 173 Å². The van der Waals surface area contributed by atoms with Crippen LogP contribution in [-0.4, -0.2) is 42.6 Å². The number of sulfone groups is 1. The molecular weight excluding hydrogens is 418 g/mol. The van der Waals surface area contributed by atoms with Crippen LogP contribution in [0.3, 0.4) is 0 Å². The number of para-hydroxylation sites is 2. The maximum atomic E-state index is 12.9. The number of nitrogens with zero attached hydrogens (tertiary/aromatic N) is 1. The molecule has 2 N–H and O–H groups in total. The van der Waals surface area contributed by atoms with E-state index < -0.39 is 15.7 Å². The minimum absolute atomic E-state index is 0.0476.